The molecule has 0 heterocycles. The lowest BCUT2D eigenvalue weighted by atomic mass is 9.86. The van der Waals surface area contributed by atoms with E-state index < -0.39 is 0 Å². The van der Waals surface area contributed by atoms with Gasteiger partial charge in [0.15, 0.2) is 0 Å². The number of amides is 1. The van der Waals surface area contributed by atoms with Crippen LogP contribution in [0.2, 0.25) is 0 Å². The number of benzene rings is 1. The summed E-state index contributed by atoms with van der Waals surface area (Å²) in [6.45, 7) is 7.56. The van der Waals surface area contributed by atoms with Crippen molar-refractivity contribution in [3.8, 4) is 5.75 Å². The molecule has 0 bridgehead atoms. The zero-order valence-corrected chi connectivity index (χ0v) is 15.0. The maximum absolute atomic E-state index is 12.2. The SMILES string of the molecule is C=CCOc1ccc(CN(C)CC(=O)N[C@@H]2CCCC[C@H]2C)cc1. The van der Waals surface area contributed by atoms with Crippen LogP contribution in [-0.2, 0) is 11.3 Å². The van der Waals surface area contributed by atoms with Gasteiger partial charge >= 0.3 is 0 Å². The van der Waals surface area contributed by atoms with E-state index in [9.17, 15) is 4.79 Å². The molecule has 1 fully saturated rings. The molecule has 2 atom stereocenters. The van der Waals surface area contributed by atoms with Gasteiger partial charge in [0.1, 0.15) is 12.4 Å². The highest BCUT2D eigenvalue weighted by Crippen LogP contribution is 2.23. The molecule has 0 unspecified atom stereocenters. The normalized spacial score (nSPS) is 20.6. The predicted molar refractivity (Wildman–Crippen MR) is 98.0 cm³/mol. The molecular weight excluding hydrogens is 300 g/mol. The lowest BCUT2D eigenvalue weighted by Gasteiger charge is -2.30. The van der Waals surface area contributed by atoms with Crippen LogP contribution in [0.25, 0.3) is 0 Å². The third-order valence-electron chi connectivity index (χ3n) is 4.62. The number of carbonyl (C=O) groups is 1. The summed E-state index contributed by atoms with van der Waals surface area (Å²) in [5.74, 6) is 1.56. The van der Waals surface area contributed by atoms with E-state index in [0.29, 0.717) is 25.1 Å². The molecule has 0 radical (unpaired) electrons. The molecule has 0 saturated heterocycles. The summed E-state index contributed by atoms with van der Waals surface area (Å²) in [7, 11) is 1.98. The number of carbonyl (C=O) groups excluding carboxylic acids is 1. The molecule has 4 nitrogen and oxygen atoms in total. The Hall–Kier alpha value is -1.81. The van der Waals surface area contributed by atoms with Gasteiger partial charge in [-0.2, -0.15) is 0 Å². The van der Waals surface area contributed by atoms with Crippen LogP contribution in [0.5, 0.6) is 5.75 Å². The zero-order valence-electron chi connectivity index (χ0n) is 15.0. The summed E-state index contributed by atoms with van der Waals surface area (Å²) in [5, 5.41) is 3.21. The molecular formula is C20H30N2O2. The maximum Gasteiger partial charge on any atom is 0.234 e. The third kappa shape index (κ3) is 6.00. The van der Waals surface area contributed by atoms with Crippen LogP contribution in [0.15, 0.2) is 36.9 Å². The summed E-state index contributed by atoms with van der Waals surface area (Å²) in [5.41, 5.74) is 1.17. The number of hydrogen-bond donors (Lipinski definition) is 1. The van der Waals surface area contributed by atoms with Crippen molar-refractivity contribution >= 4 is 5.91 Å². The summed E-state index contributed by atoms with van der Waals surface area (Å²) < 4.78 is 5.48. The number of nitrogens with one attached hydrogen (secondary N) is 1. The Kier molecular flexibility index (Phi) is 7.32. The first-order valence-corrected chi connectivity index (χ1v) is 8.89. The van der Waals surface area contributed by atoms with Crippen molar-refractivity contribution < 1.29 is 9.53 Å². The Balaban J connectivity index is 1.76. The second-order valence-electron chi connectivity index (χ2n) is 6.85. The molecule has 1 saturated carbocycles. The summed E-state index contributed by atoms with van der Waals surface area (Å²) >= 11 is 0. The van der Waals surface area contributed by atoms with E-state index in [0.717, 1.165) is 18.7 Å². The topological polar surface area (TPSA) is 41.6 Å². The van der Waals surface area contributed by atoms with E-state index >= 15 is 0 Å². The van der Waals surface area contributed by atoms with Gasteiger partial charge in [-0.25, -0.2) is 0 Å². The highest BCUT2D eigenvalue weighted by Gasteiger charge is 2.23. The van der Waals surface area contributed by atoms with Crippen LogP contribution in [0.3, 0.4) is 0 Å². The maximum atomic E-state index is 12.2. The Morgan fingerprint density at radius 1 is 1.33 bits per heavy atom. The molecule has 24 heavy (non-hydrogen) atoms. The number of likely N-dealkylation sites (N-methyl/N-ethyl adjacent to an activating group) is 1. The van der Waals surface area contributed by atoms with Crippen molar-refractivity contribution in [2.75, 3.05) is 20.2 Å². The van der Waals surface area contributed by atoms with E-state index in [-0.39, 0.29) is 5.91 Å². The molecule has 1 aromatic carbocycles. The van der Waals surface area contributed by atoms with Gasteiger partial charge in [0.2, 0.25) is 5.91 Å². The van der Waals surface area contributed by atoms with Gasteiger partial charge in [0, 0.05) is 12.6 Å². The predicted octanol–water partition coefficient (Wildman–Crippen LogP) is 3.38. The lowest BCUT2D eigenvalue weighted by Crippen LogP contribution is -2.44. The van der Waals surface area contributed by atoms with Gasteiger partial charge in [-0.1, -0.05) is 44.6 Å². The molecule has 2 rings (SSSR count). The molecule has 1 aliphatic carbocycles. The Labute approximate surface area is 145 Å². The fraction of sp³-hybridized carbons (Fsp3) is 0.550. The molecule has 1 aromatic rings. The van der Waals surface area contributed by atoms with Crippen LogP contribution in [0, 0.1) is 5.92 Å². The average Bonchev–Trinajstić information content (AvgIpc) is 2.56. The third-order valence-corrected chi connectivity index (χ3v) is 4.62. The van der Waals surface area contributed by atoms with Crippen molar-refractivity contribution in [1.29, 1.82) is 0 Å². The Morgan fingerprint density at radius 3 is 2.71 bits per heavy atom. The molecule has 132 valence electrons. The van der Waals surface area contributed by atoms with Crippen LogP contribution in [-0.4, -0.2) is 37.0 Å². The van der Waals surface area contributed by atoms with Crippen LogP contribution < -0.4 is 10.1 Å². The Morgan fingerprint density at radius 2 is 2.04 bits per heavy atom. The number of rotatable bonds is 8. The zero-order chi connectivity index (χ0) is 17.4. The van der Waals surface area contributed by atoms with Crippen LogP contribution in [0.4, 0.5) is 0 Å². The minimum atomic E-state index is 0.127. The van der Waals surface area contributed by atoms with E-state index in [4.69, 9.17) is 4.74 Å². The summed E-state index contributed by atoms with van der Waals surface area (Å²) in [4.78, 5) is 14.3. The quantitative estimate of drug-likeness (QED) is 0.743. The fourth-order valence-corrected chi connectivity index (χ4v) is 3.24. The van der Waals surface area contributed by atoms with Crippen molar-refractivity contribution in [3.63, 3.8) is 0 Å². The number of nitrogens with zero attached hydrogens (tertiary/aromatic N) is 1. The highest BCUT2D eigenvalue weighted by molar-refractivity contribution is 5.78. The van der Waals surface area contributed by atoms with Crippen LogP contribution >= 0.6 is 0 Å². The number of hydrogen-bond acceptors (Lipinski definition) is 3. The lowest BCUT2D eigenvalue weighted by molar-refractivity contribution is -0.123. The number of ether oxygens (including phenoxy) is 1. The van der Waals surface area contributed by atoms with Crippen LogP contribution in [0.1, 0.15) is 38.2 Å². The molecule has 4 heteroatoms. The minimum absolute atomic E-state index is 0.127. The second kappa shape index (κ2) is 9.48. The van der Waals surface area contributed by atoms with E-state index in [1.54, 1.807) is 6.08 Å². The van der Waals surface area contributed by atoms with Gasteiger partial charge < -0.3 is 10.1 Å². The van der Waals surface area contributed by atoms with Gasteiger partial charge in [0.25, 0.3) is 0 Å². The van der Waals surface area contributed by atoms with E-state index in [1.807, 2.05) is 36.2 Å². The van der Waals surface area contributed by atoms with Crippen molar-refractivity contribution in [2.24, 2.45) is 5.92 Å². The standard InChI is InChI=1S/C20H30N2O2/c1-4-13-24-18-11-9-17(10-12-18)14-22(3)15-20(23)21-19-8-6-5-7-16(19)2/h4,9-12,16,19H,1,5-8,13-15H2,2-3H3,(H,21,23)/t16-,19-/m1/s1. The molecule has 1 aliphatic rings. The van der Waals surface area contributed by atoms with Gasteiger partial charge in [-0.15, -0.1) is 0 Å². The monoisotopic (exact) mass is 330 g/mol. The summed E-state index contributed by atoms with van der Waals surface area (Å²) in [6, 6.07) is 8.33. The van der Waals surface area contributed by atoms with Gasteiger partial charge in [-0.05, 0) is 43.5 Å². The highest BCUT2D eigenvalue weighted by atomic mass is 16.5. The van der Waals surface area contributed by atoms with Gasteiger partial charge in [0.05, 0.1) is 6.54 Å². The Bertz CT molecular complexity index is 527. The smallest absolute Gasteiger partial charge is 0.234 e. The molecule has 0 aliphatic heterocycles. The van der Waals surface area contributed by atoms with Crippen molar-refractivity contribution in [3.05, 3.63) is 42.5 Å². The average molecular weight is 330 g/mol. The first kappa shape index (κ1) is 18.5. The molecule has 0 spiro atoms. The first-order chi connectivity index (χ1) is 11.6. The second-order valence-corrected chi connectivity index (χ2v) is 6.85. The minimum Gasteiger partial charge on any atom is -0.490 e. The van der Waals surface area contributed by atoms with E-state index in [2.05, 4.69) is 18.8 Å². The van der Waals surface area contributed by atoms with E-state index in [1.165, 1.54) is 24.8 Å². The molecule has 1 amide bonds. The summed E-state index contributed by atoms with van der Waals surface area (Å²) in [6.07, 6.45) is 6.59. The molecule has 0 aromatic heterocycles. The van der Waals surface area contributed by atoms with Crippen molar-refractivity contribution in [1.82, 2.24) is 10.2 Å². The van der Waals surface area contributed by atoms with Crippen molar-refractivity contribution in [2.45, 2.75) is 45.2 Å². The first-order valence-electron chi connectivity index (χ1n) is 8.89. The molecule has 1 N–H and O–H groups in total. The fourth-order valence-electron chi connectivity index (χ4n) is 3.24. The van der Waals surface area contributed by atoms with Gasteiger partial charge in [-0.3, -0.25) is 9.69 Å². The largest absolute Gasteiger partial charge is 0.490 e.